The first-order valence-corrected chi connectivity index (χ1v) is 10.2. The van der Waals surface area contributed by atoms with Gasteiger partial charge in [-0.3, -0.25) is 9.69 Å². The Morgan fingerprint density at radius 1 is 1.12 bits per heavy atom. The number of rotatable bonds is 5. The lowest BCUT2D eigenvalue weighted by Crippen LogP contribution is -2.45. The summed E-state index contributed by atoms with van der Waals surface area (Å²) in [6.07, 6.45) is 0.964. The summed E-state index contributed by atoms with van der Waals surface area (Å²) in [6.45, 7) is 2.22. The van der Waals surface area contributed by atoms with Crippen LogP contribution in [0.4, 0.5) is 0 Å². The van der Waals surface area contributed by atoms with E-state index < -0.39 is 15.7 Å². The third-order valence-corrected chi connectivity index (χ3v) is 4.97. The van der Waals surface area contributed by atoms with Gasteiger partial charge in [0.1, 0.15) is 5.75 Å². The minimum atomic E-state index is -3.77. The van der Waals surface area contributed by atoms with E-state index in [0.717, 1.165) is 6.26 Å². The van der Waals surface area contributed by atoms with Crippen LogP contribution >= 0.6 is 12.2 Å². The lowest BCUT2D eigenvalue weighted by molar-refractivity contribution is -0.129. The molecule has 26 heavy (non-hydrogen) atoms. The second-order valence-corrected chi connectivity index (χ2v) is 7.84. The quantitative estimate of drug-likeness (QED) is 0.622. The maximum atomic E-state index is 13.4. The van der Waals surface area contributed by atoms with Crippen LogP contribution < -0.4 is 9.50 Å². The predicted molar refractivity (Wildman–Crippen MR) is 102 cm³/mol. The normalized spacial score (nSPS) is 20.2. The number of likely N-dealkylation sites (N-methyl/N-ethyl adjacent to an activating group) is 1. The highest BCUT2D eigenvalue weighted by Crippen LogP contribution is 2.40. The number of carbonyl (C=O) groups is 1. The van der Waals surface area contributed by atoms with Gasteiger partial charge in [-0.2, -0.15) is 8.42 Å². The molecular weight excluding hydrogens is 372 g/mol. The molecule has 1 aliphatic rings. The molecule has 6 nitrogen and oxygen atoms in total. The molecule has 2 aromatic rings. The van der Waals surface area contributed by atoms with Crippen molar-refractivity contribution in [3.05, 3.63) is 65.7 Å². The minimum Gasteiger partial charge on any atom is -0.382 e. The van der Waals surface area contributed by atoms with E-state index in [0.29, 0.717) is 17.7 Å². The van der Waals surface area contributed by atoms with E-state index in [-0.39, 0.29) is 16.8 Å². The monoisotopic (exact) mass is 390 g/mol. The molecule has 1 atom stereocenters. The Hall–Kier alpha value is -2.45. The van der Waals surface area contributed by atoms with Crippen LogP contribution in [-0.4, -0.2) is 37.1 Å². The third-order valence-electron chi connectivity index (χ3n) is 4.16. The van der Waals surface area contributed by atoms with Crippen LogP contribution in [0.2, 0.25) is 0 Å². The summed E-state index contributed by atoms with van der Waals surface area (Å²) >= 11 is 5.35. The standard InChI is InChI=1S/C18H18N2O4S2/c1-3-20-16(21)18(19-17(20)25,13-9-5-4-6-10-13)14-11-7-8-12-15(14)24-26(2,22)23/h4-12H,3H2,1-2H3,(H,19,25). The smallest absolute Gasteiger partial charge is 0.306 e. The van der Waals surface area contributed by atoms with Crippen LogP contribution in [0.3, 0.4) is 0 Å². The fraction of sp³-hybridized carbons (Fsp3) is 0.222. The zero-order valence-electron chi connectivity index (χ0n) is 14.3. The molecule has 136 valence electrons. The predicted octanol–water partition coefficient (Wildman–Crippen LogP) is 2.01. The Labute approximate surface area is 157 Å². The molecular formula is C18H18N2O4S2. The summed E-state index contributed by atoms with van der Waals surface area (Å²) in [5.74, 6) is -0.193. The number of para-hydroxylation sites is 1. The molecule has 0 aliphatic carbocycles. The number of thiocarbonyl (C=S) groups is 1. The van der Waals surface area contributed by atoms with Crippen molar-refractivity contribution >= 4 is 33.4 Å². The SMILES string of the molecule is CCN1C(=O)C(c2ccccc2)(c2ccccc2OS(C)(=O)=O)NC1=S. The molecule has 0 radical (unpaired) electrons. The molecule has 3 rings (SSSR count). The zero-order valence-corrected chi connectivity index (χ0v) is 15.9. The van der Waals surface area contributed by atoms with Crippen molar-refractivity contribution in [3.8, 4) is 5.75 Å². The third kappa shape index (κ3) is 3.06. The largest absolute Gasteiger partial charge is 0.382 e. The maximum absolute atomic E-state index is 13.4. The van der Waals surface area contributed by atoms with Crippen LogP contribution in [-0.2, 0) is 20.5 Å². The Bertz CT molecular complexity index is 960. The van der Waals surface area contributed by atoms with Crippen molar-refractivity contribution in [1.82, 2.24) is 10.2 Å². The van der Waals surface area contributed by atoms with Gasteiger partial charge in [-0.25, -0.2) is 0 Å². The zero-order chi connectivity index (χ0) is 18.9. The average Bonchev–Trinajstić information content (AvgIpc) is 2.85. The second kappa shape index (κ2) is 6.69. The van der Waals surface area contributed by atoms with Gasteiger partial charge in [0.25, 0.3) is 5.91 Å². The summed E-state index contributed by atoms with van der Waals surface area (Å²) in [7, 11) is -3.77. The molecule has 1 fully saturated rings. The van der Waals surface area contributed by atoms with Crippen molar-refractivity contribution in [2.75, 3.05) is 12.8 Å². The highest BCUT2D eigenvalue weighted by Gasteiger charge is 2.53. The van der Waals surface area contributed by atoms with Gasteiger partial charge in [0.2, 0.25) is 0 Å². The summed E-state index contributed by atoms with van der Waals surface area (Å²) in [5.41, 5.74) is -0.317. The van der Waals surface area contributed by atoms with Crippen LogP contribution in [0.15, 0.2) is 54.6 Å². The van der Waals surface area contributed by atoms with Crippen LogP contribution in [0.1, 0.15) is 18.1 Å². The maximum Gasteiger partial charge on any atom is 0.306 e. The highest BCUT2D eigenvalue weighted by molar-refractivity contribution is 7.86. The summed E-state index contributed by atoms with van der Waals surface area (Å²) in [6, 6.07) is 15.6. The van der Waals surface area contributed by atoms with Crippen LogP contribution in [0.5, 0.6) is 5.75 Å². The fourth-order valence-electron chi connectivity index (χ4n) is 3.10. The first-order valence-electron chi connectivity index (χ1n) is 7.98. The molecule has 1 unspecified atom stereocenters. The van der Waals surface area contributed by atoms with Gasteiger partial charge in [0, 0.05) is 12.1 Å². The molecule has 0 saturated carbocycles. The molecule has 8 heteroatoms. The second-order valence-electron chi connectivity index (χ2n) is 5.88. The van der Waals surface area contributed by atoms with Gasteiger partial charge in [-0.1, -0.05) is 48.5 Å². The van der Waals surface area contributed by atoms with E-state index in [4.69, 9.17) is 16.4 Å². The lowest BCUT2D eigenvalue weighted by atomic mass is 9.82. The number of nitrogens with zero attached hydrogens (tertiary/aromatic N) is 1. The Morgan fingerprint density at radius 2 is 1.73 bits per heavy atom. The molecule has 0 bridgehead atoms. The topological polar surface area (TPSA) is 75.7 Å². The van der Waals surface area contributed by atoms with E-state index in [1.165, 1.54) is 11.0 Å². The lowest BCUT2D eigenvalue weighted by Gasteiger charge is -2.29. The Kier molecular flexibility index (Phi) is 4.72. The van der Waals surface area contributed by atoms with Gasteiger partial charge in [0.05, 0.1) is 6.26 Å². The van der Waals surface area contributed by atoms with Crippen LogP contribution in [0.25, 0.3) is 0 Å². The molecule has 1 N–H and O–H groups in total. The van der Waals surface area contributed by atoms with E-state index in [1.54, 1.807) is 30.3 Å². The van der Waals surface area contributed by atoms with Gasteiger partial charge in [0.15, 0.2) is 10.7 Å². The van der Waals surface area contributed by atoms with Crippen molar-refractivity contribution in [1.29, 1.82) is 0 Å². The first kappa shape index (κ1) is 18.3. The van der Waals surface area contributed by atoms with E-state index in [9.17, 15) is 13.2 Å². The number of amides is 1. The number of carbonyl (C=O) groups excluding carboxylic acids is 1. The molecule has 1 heterocycles. The van der Waals surface area contributed by atoms with Crippen molar-refractivity contribution < 1.29 is 17.4 Å². The number of benzene rings is 2. The van der Waals surface area contributed by atoms with E-state index >= 15 is 0 Å². The number of nitrogens with one attached hydrogen (secondary N) is 1. The minimum absolute atomic E-state index is 0.0838. The highest BCUT2D eigenvalue weighted by atomic mass is 32.2. The van der Waals surface area contributed by atoms with E-state index in [2.05, 4.69) is 5.32 Å². The molecule has 0 spiro atoms. The molecule has 1 aliphatic heterocycles. The van der Waals surface area contributed by atoms with Crippen molar-refractivity contribution in [2.24, 2.45) is 0 Å². The first-order chi connectivity index (χ1) is 12.3. The van der Waals surface area contributed by atoms with Gasteiger partial charge in [-0.15, -0.1) is 0 Å². The summed E-state index contributed by atoms with van der Waals surface area (Å²) in [4.78, 5) is 14.8. The van der Waals surface area contributed by atoms with Gasteiger partial charge >= 0.3 is 10.1 Å². The molecule has 2 aromatic carbocycles. The fourth-order valence-corrected chi connectivity index (χ4v) is 3.93. The molecule has 1 amide bonds. The Balaban J connectivity index is 2.29. The van der Waals surface area contributed by atoms with Gasteiger partial charge < -0.3 is 9.50 Å². The molecule has 1 saturated heterocycles. The average molecular weight is 390 g/mol. The molecule has 0 aromatic heterocycles. The van der Waals surface area contributed by atoms with Crippen LogP contribution in [0, 0.1) is 0 Å². The number of hydrogen-bond donors (Lipinski definition) is 1. The summed E-state index contributed by atoms with van der Waals surface area (Å²) < 4.78 is 28.6. The van der Waals surface area contributed by atoms with Gasteiger partial charge in [-0.05, 0) is 30.8 Å². The van der Waals surface area contributed by atoms with E-state index in [1.807, 2.05) is 25.1 Å². The van der Waals surface area contributed by atoms with Crippen molar-refractivity contribution in [2.45, 2.75) is 12.5 Å². The number of hydrogen-bond acceptors (Lipinski definition) is 5. The summed E-state index contributed by atoms with van der Waals surface area (Å²) in [5, 5.41) is 3.40. The Morgan fingerprint density at radius 3 is 2.31 bits per heavy atom. The van der Waals surface area contributed by atoms with Crippen molar-refractivity contribution in [3.63, 3.8) is 0 Å².